The molecule has 1 aromatic carbocycles. The van der Waals surface area contributed by atoms with Crippen molar-refractivity contribution in [2.75, 3.05) is 20.3 Å². The second kappa shape index (κ2) is 10.4. The van der Waals surface area contributed by atoms with Gasteiger partial charge in [0.2, 0.25) is 0 Å². The summed E-state index contributed by atoms with van der Waals surface area (Å²) in [7, 11) is -0.630. The maximum absolute atomic E-state index is 12.9. The molecule has 0 bridgehead atoms. The summed E-state index contributed by atoms with van der Waals surface area (Å²) in [5, 5.41) is -0.0302. The third kappa shape index (κ3) is 6.21. The first-order valence-corrected chi connectivity index (χ1v) is 16.3. The van der Waals surface area contributed by atoms with Gasteiger partial charge < -0.3 is 32.8 Å². The number of carbonyl (C=O) groups is 1. The molecule has 0 aliphatic carbocycles. The van der Waals surface area contributed by atoms with E-state index < -0.39 is 38.2 Å². The van der Waals surface area contributed by atoms with E-state index in [1.165, 1.54) is 0 Å². The van der Waals surface area contributed by atoms with E-state index in [2.05, 4.69) is 33.9 Å². The largest absolute Gasteiger partial charge is 0.497 e. The Morgan fingerprint density at radius 3 is 2.24 bits per heavy atom. The van der Waals surface area contributed by atoms with E-state index in [9.17, 15) is 4.79 Å². The predicted octanol–water partition coefficient (Wildman–Crippen LogP) is 5.08. The molecule has 9 nitrogen and oxygen atoms in total. The predicted molar refractivity (Wildman–Crippen MR) is 144 cm³/mol. The molecule has 3 aliphatic rings. The van der Waals surface area contributed by atoms with Gasteiger partial charge in [-0.25, -0.2) is 4.79 Å². The molecule has 3 fully saturated rings. The Morgan fingerprint density at radius 1 is 1.03 bits per heavy atom. The number of hydrogen-bond acceptors (Lipinski definition) is 8. The highest BCUT2D eigenvalue weighted by molar-refractivity contribution is 6.74. The fraction of sp³-hybridized carbons (Fsp3) is 0.750. The van der Waals surface area contributed by atoms with Crippen molar-refractivity contribution >= 4 is 14.4 Å². The van der Waals surface area contributed by atoms with Gasteiger partial charge in [0.25, 0.3) is 0 Å². The third-order valence-electron chi connectivity index (χ3n) is 8.02. The molecular weight excluding hydrogens is 506 g/mol. The van der Waals surface area contributed by atoms with Crippen LogP contribution < -0.4 is 4.74 Å². The Bertz CT molecular complexity index is 990. The van der Waals surface area contributed by atoms with Crippen LogP contribution in [0, 0.1) is 0 Å². The monoisotopic (exact) mass is 551 g/mol. The van der Waals surface area contributed by atoms with Crippen LogP contribution in [0.1, 0.15) is 54.0 Å². The van der Waals surface area contributed by atoms with Crippen LogP contribution in [0.3, 0.4) is 0 Å². The van der Waals surface area contributed by atoms with E-state index in [-0.39, 0.29) is 29.9 Å². The molecule has 0 N–H and O–H groups in total. The molecular formula is C28H45NO8Si. The van der Waals surface area contributed by atoms with Crippen molar-refractivity contribution in [1.82, 2.24) is 4.90 Å². The Kier molecular flexibility index (Phi) is 7.99. The number of cyclic esters (lactones) is 1. The van der Waals surface area contributed by atoms with Gasteiger partial charge in [-0.1, -0.05) is 32.9 Å². The number of methoxy groups -OCH3 is 1. The molecule has 0 saturated carbocycles. The highest BCUT2D eigenvalue weighted by Gasteiger charge is 2.57. The lowest BCUT2D eigenvalue weighted by Crippen LogP contribution is -2.57. The molecule has 0 spiro atoms. The van der Waals surface area contributed by atoms with Crippen LogP contribution >= 0.6 is 0 Å². The Balaban J connectivity index is 1.65. The van der Waals surface area contributed by atoms with Gasteiger partial charge in [-0.05, 0) is 63.5 Å². The van der Waals surface area contributed by atoms with E-state index in [1.807, 2.05) is 52.0 Å². The smallest absolute Gasteiger partial charge is 0.410 e. The highest BCUT2D eigenvalue weighted by atomic mass is 28.4. The van der Waals surface area contributed by atoms with E-state index >= 15 is 0 Å². The Morgan fingerprint density at radius 2 is 1.68 bits per heavy atom. The Labute approximate surface area is 228 Å². The fourth-order valence-electron chi connectivity index (χ4n) is 4.96. The van der Waals surface area contributed by atoms with Crippen molar-refractivity contribution in [3.8, 4) is 5.75 Å². The number of benzene rings is 1. The molecule has 3 aliphatic heterocycles. The van der Waals surface area contributed by atoms with E-state index in [0.29, 0.717) is 13.2 Å². The summed E-state index contributed by atoms with van der Waals surface area (Å²) < 4.78 is 43.2. The normalized spacial score (nSPS) is 29.9. The van der Waals surface area contributed by atoms with Gasteiger partial charge in [0.1, 0.15) is 36.8 Å². The molecule has 0 unspecified atom stereocenters. The lowest BCUT2D eigenvalue weighted by atomic mass is 9.97. The summed E-state index contributed by atoms with van der Waals surface area (Å²) in [4.78, 5) is 14.6. The fourth-order valence-corrected chi connectivity index (χ4v) is 6.28. The number of nitrogens with zero attached hydrogens (tertiary/aromatic N) is 1. The molecule has 10 heteroatoms. The van der Waals surface area contributed by atoms with Gasteiger partial charge >= 0.3 is 6.09 Å². The number of carbonyl (C=O) groups excluding carboxylic acids is 1. The topological polar surface area (TPSA) is 84.9 Å². The van der Waals surface area contributed by atoms with Crippen LogP contribution in [-0.2, 0) is 34.7 Å². The lowest BCUT2D eigenvalue weighted by molar-refractivity contribution is -0.176. The number of hydrogen-bond donors (Lipinski definition) is 0. The summed E-state index contributed by atoms with van der Waals surface area (Å²) in [6.07, 6.45) is -2.17. The summed E-state index contributed by atoms with van der Waals surface area (Å²) in [6, 6.07) is 7.30. The zero-order valence-electron chi connectivity index (χ0n) is 24.5. The quantitative estimate of drug-likeness (QED) is 0.414. The molecule has 1 aromatic rings. The maximum atomic E-state index is 12.9. The average Bonchev–Trinajstić information content (AvgIpc) is 3.46. The van der Waals surface area contributed by atoms with Crippen LogP contribution in [0.15, 0.2) is 24.3 Å². The molecule has 214 valence electrons. The van der Waals surface area contributed by atoms with E-state index in [0.717, 1.165) is 11.3 Å². The van der Waals surface area contributed by atoms with Gasteiger partial charge in [-0.3, -0.25) is 4.90 Å². The summed E-state index contributed by atoms with van der Waals surface area (Å²) in [6.45, 7) is 19.6. The molecule has 3 saturated heterocycles. The van der Waals surface area contributed by atoms with Crippen molar-refractivity contribution in [3.05, 3.63) is 29.8 Å². The van der Waals surface area contributed by atoms with E-state index in [4.69, 9.17) is 32.8 Å². The first kappa shape index (κ1) is 29.3. The molecule has 3 heterocycles. The number of rotatable bonds is 8. The number of ether oxygens (including phenoxy) is 6. The van der Waals surface area contributed by atoms with Crippen LogP contribution in [0.4, 0.5) is 4.79 Å². The maximum Gasteiger partial charge on any atom is 0.410 e. The summed E-state index contributed by atoms with van der Waals surface area (Å²) in [5.41, 5.74) is 0.965. The molecule has 0 aromatic heterocycles. The molecule has 5 atom stereocenters. The minimum absolute atomic E-state index is 0.0302. The first-order valence-electron chi connectivity index (χ1n) is 13.4. The van der Waals surface area contributed by atoms with Gasteiger partial charge in [0.15, 0.2) is 19.9 Å². The minimum Gasteiger partial charge on any atom is -0.497 e. The number of amides is 1. The third-order valence-corrected chi connectivity index (χ3v) is 12.5. The van der Waals surface area contributed by atoms with Crippen molar-refractivity contribution in [1.29, 1.82) is 0 Å². The SMILES string of the molecule is COc1ccc(CN2C(=O)OC[C@@H]2[C@H]2OC(C)(C)O[C@H]2[C@H](O[Si](C)(C)C(C)(C)C)[C@H]2COC(C)(C)O2)cc1. The second-order valence-electron chi connectivity index (χ2n) is 12.9. The molecule has 1 amide bonds. The lowest BCUT2D eigenvalue weighted by Gasteiger charge is -2.43. The molecule has 0 radical (unpaired) electrons. The van der Waals surface area contributed by atoms with Crippen LogP contribution in [0.2, 0.25) is 18.1 Å². The van der Waals surface area contributed by atoms with Crippen LogP contribution in [0.25, 0.3) is 0 Å². The van der Waals surface area contributed by atoms with Crippen LogP contribution in [0.5, 0.6) is 5.75 Å². The van der Waals surface area contributed by atoms with Crippen molar-refractivity contribution in [2.24, 2.45) is 0 Å². The zero-order chi connectivity index (χ0) is 28.1. The summed E-state index contributed by atoms with van der Waals surface area (Å²) >= 11 is 0. The van der Waals surface area contributed by atoms with Crippen molar-refractivity contribution < 1.29 is 37.6 Å². The van der Waals surface area contributed by atoms with Crippen LogP contribution in [-0.4, -0.2) is 81.7 Å². The average molecular weight is 552 g/mol. The van der Waals surface area contributed by atoms with Crippen molar-refractivity contribution in [3.63, 3.8) is 0 Å². The molecule has 38 heavy (non-hydrogen) atoms. The molecule has 4 rings (SSSR count). The second-order valence-corrected chi connectivity index (χ2v) is 17.7. The van der Waals surface area contributed by atoms with Gasteiger partial charge in [0, 0.05) is 6.54 Å². The highest BCUT2D eigenvalue weighted by Crippen LogP contribution is 2.43. The van der Waals surface area contributed by atoms with Gasteiger partial charge in [-0.15, -0.1) is 0 Å². The summed E-state index contributed by atoms with van der Waals surface area (Å²) in [5.74, 6) is -0.843. The van der Waals surface area contributed by atoms with Crippen molar-refractivity contribution in [2.45, 2.75) is 115 Å². The minimum atomic E-state index is -2.26. The van der Waals surface area contributed by atoms with Gasteiger partial charge in [0.05, 0.1) is 19.8 Å². The Hall–Kier alpha value is -1.69. The first-order chi connectivity index (χ1) is 17.5. The standard InChI is InChI=1S/C28H45NO8Si/c1-26(2,3)38(9,10)37-23(21-17-33-27(4,5)34-21)24-22(35-28(6,7)36-24)20-16-32-25(30)29(20)15-18-11-13-19(31-8)14-12-18/h11-14,20-24H,15-17H2,1-10H3/t20-,21-,22-,23-,24-/m1/s1. The zero-order valence-corrected chi connectivity index (χ0v) is 25.5. The van der Waals surface area contributed by atoms with Gasteiger partial charge in [-0.2, -0.15) is 0 Å². The van der Waals surface area contributed by atoms with E-state index in [1.54, 1.807) is 12.0 Å².